The Morgan fingerprint density at radius 1 is 1.14 bits per heavy atom. The topological polar surface area (TPSA) is 79.5 Å². The maximum atomic E-state index is 11.9. The molecule has 0 spiro atoms. The summed E-state index contributed by atoms with van der Waals surface area (Å²) in [5.74, 6) is -0.412. The zero-order valence-electron chi connectivity index (χ0n) is 12.4. The Morgan fingerprint density at radius 2 is 1.86 bits per heavy atom. The van der Waals surface area contributed by atoms with Gasteiger partial charge in [0.05, 0.1) is 6.20 Å². The van der Waals surface area contributed by atoms with E-state index in [-0.39, 0.29) is 6.67 Å². The predicted molar refractivity (Wildman–Crippen MR) is 75.8 cm³/mol. The van der Waals surface area contributed by atoms with E-state index in [4.69, 9.17) is 0 Å². The molecule has 1 aromatic heterocycles. The smallest absolute Gasteiger partial charge is 0.311 e. The molecule has 3 rings (SSSR count). The minimum atomic E-state index is -0.748. The second-order valence-electron chi connectivity index (χ2n) is 5.52. The van der Waals surface area contributed by atoms with Gasteiger partial charge in [-0.25, -0.2) is 14.7 Å². The van der Waals surface area contributed by atoms with Crippen molar-refractivity contribution in [1.29, 1.82) is 0 Å². The summed E-state index contributed by atoms with van der Waals surface area (Å²) in [6, 6.07) is 5.41. The molecule has 2 saturated heterocycles. The van der Waals surface area contributed by atoms with Crippen LogP contribution in [0.3, 0.4) is 0 Å². The molecule has 0 aliphatic carbocycles. The molecule has 0 bridgehead atoms. The van der Waals surface area contributed by atoms with Crippen LogP contribution in [0.2, 0.25) is 0 Å². The number of urea groups is 1. The highest BCUT2D eigenvalue weighted by Gasteiger charge is 2.44. The van der Waals surface area contributed by atoms with Gasteiger partial charge in [0, 0.05) is 13.1 Å². The normalized spacial score (nSPS) is 20.2. The van der Waals surface area contributed by atoms with Crippen molar-refractivity contribution in [3.05, 3.63) is 24.4 Å². The first-order valence-corrected chi connectivity index (χ1v) is 7.26. The fraction of sp³-hybridized carbons (Fsp3) is 0.429. The molecule has 0 radical (unpaired) electrons. The van der Waals surface area contributed by atoms with Crippen molar-refractivity contribution < 1.29 is 24.3 Å². The predicted octanol–water partition coefficient (Wildman–Crippen LogP) is -2.42. The highest BCUT2D eigenvalue weighted by molar-refractivity contribution is 6.44. The zero-order valence-corrected chi connectivity index (χ0v) is 12.4. The number of imide groups is 2. The van der Waals surface area contributed by atoms with Crippen LogP contribution >= 0.6 is 0 Å². The molecule has 8 heteroatoms. The lowest BCUT2D eigenvalue weighted by Crippen LogP contribution is -3.16. The van der Waals surface area contributed by atoms with Crippen LogP contribution in [0.5, 0.6) is 0 Å². The van der Waals surface area contributed by atoms with Gasteiger partial charge in [-0.1, -0.05) is 6.07 Å². The molecular weight excluding hydrogens is 286 g/mol. The molecule has 1 aromatic rings. The van der Waals surface area contributed by atoms with Crippen molar-refractivity contribution in [3.8, 4) is 0 Å². The number of pyridine rings is 1. The van der Waals surface area contributed by atoms with Gasteiger partial charge in [0.1, 0.15) is 26.2 Å². The molecule has 0 atom stereocenters. The minimum Gasteiger partial charge on any atom is -0.311 e. The van der Waals surface area contributed by atoms with Crippen molar-refractivity contribution >= 4 is 23.7 Å². The highest BCUT2D eigenvalue weighted by atomic mass is 16.2. The van der Waals surface area contributed by atoms with Crippen molar-refractivity contribution in [2.75, 3.05) is 44.8 Å². The van der Waals surface area contributed by atoms with Crippen LogP contribution < -0.4 is 14.8 Å². The average molecular weight is 305 g/mol. The third kappa shape index (κ3) is 2.52. The number of nitrogens with one attached hydrogen (secondary N) is 2. The molecule has 2 N–H and O–H groups in total. The number of carbonyl (C=O) groups is 3. The van der Waals surface area contributed by atoms with E-state index < -0.39 is 17.8 Å². The number of hydrogen-bond donors (Lipinski definition) is 1. The van der Waals surface area contributed by atoms with Crippen LogP contribution in [-0.4, -0.2) is 67.5 Å². The van der Waals surface area contributed by atoms with Gasteiger partial charge in [-0.2, -0.15) is 0 Å². The Labute approximate surface area is 127 Å². The third-order valence-electron chi connectivity index (χ3n) is 4.14. The van der Waals surface area contributed by atoms with Crippen LogP contribution in [0.15, 0.2) is 24.4 Å². The summed E-state index contributed by atoms with van der Waals surface area (Å²) in [5.41, 5.74) is 0. The van der Waals surface area contributed by atoms with Gasteiger partial charge in [0.2, 0.25) is 0 Å². The van der Waals surface area contributed by atoms with Crippen LogP contribution in [-0.2, 0) is 9.59 Å². The Balaban J connectivity index is 1.58. The van der Waals surface area contributed by atoms with Gasteiger partial charge < -0.3 is 4.90 Å². The second-order valence-corrected chi connectivity index (χ2v) is 5.52. The van der Waals surface area contributed by atoms with E-state index in [1.165, 1.54) is 7.05 Å². The summed E-state index contributed by atoms with van der Waals surface area (Å²) in [4.78, 5) is 43.6. The summed E-state index contributed by atoms with van der Waals surface area (Å²) < 4.78 is 0. The molecule has 0 saturated carbocycles. The molecular formula is C14H19N5O3+2. The first kappa shape index (κ1) is 14.5. The van der Waals surface area contributed by atoms with E-state index in [1.54, 1.807) is 0 Å². The van der Waals surface area contributed by atoms with Gasteiger partial charge in [-0.05, 0) is 6.07 Å². The maximum Gasteiger partial charge on any atom is 0.338 e. The van der Waals surface area contributed by atoms with E-state index in [2.05, 4.69) is 9.88 Å². The lowest BCUT2D eigenvalue weighted by atomic mass is 10.3. The maximum absolute atomic E-state index is 11.9. The first-order valence-electron chi connectivity index (χ1n) is 7.26. The fourth-order valence-corrected chi connectivity index (χ4v) is 2.78. The second kappa shape index (κ2) is 5.72. The Hall–Kier alpha value is -2.48. The molecule has 0 unspecified atom stereocenters. The summed E-state index contributed by atoms with van der Waals surface area (Å²) >= 11 is 0. The van der Waals surface area contributed by atoms with E-state index in [1.807, 2.05) is 24.4 Å². The minimum absolute atomic E-state index is 0.250. The van der Waals surface area contributed by atoms with Crippen LogP contribution in [0.25, 0.3) is 0 Å². The van der Waals surface area contributed by atoms with E-state index in [9.17, 15) is 14.4 Å². The number of nitrogens with zero attached hydrogens (tertiary/aromatic N) is 3. The van der Waals surface area contributed by atoms with Crippen molar-refractivity contribution in [1.82, 2.24) is 9.80 Å². The van der Waals surface area contributed by atoms with Crippen LogP contribution in [0.4, 0.5) is 10.6 Å². The van der Waals surface area contributed by atoms with Crippen molar-refractivity contribution in [3.63, 3.8) is 0 Å². The van der Waals surface area contributed by atoms with Gasteiger partial charge >= 0.3 is 17.8 Å². The van der Waals surface area contributed by atoms with Crippen molar-refractivity contribution in [2.24, 2.45) is 0 Å². The monoisotopic (exact) mass is 305 g/mol. The standard InChI is InChI=1S/C14H17N5O3/c1-16-12(20)13(21)19(14(16)22)10-17-6-8-18(9-7-17)11-4-2-3-5-15-11/h2-5H,6-10H2,1H3/p+2. The third-order valence-corrected chi connectivity index (χ3v) is 4.14. The number of aromatic amines is 1. The number of hydrogen-bond acceptors (Lipinski definition) is 4. The van der Waals surface area contributed by atoms with E-state index >= 15 is 0 Å². The van der Waals surface area contributed by atoms with Crippen molar-refractivity contribution in [2.45, 2.75) is 0 Å². The van der Waals surface area contributed by atoms with E-state index in [0.717, 1.165) is 46.7 Å². The van der Waals surface area contributed by atoms with Crippen LogP contribution in [0, 0.1) is 0 Å². The molecule has 116 valence electrons. The molecule has 2 aliphatic rings. The molecule has 0 aromatic carbocycles. The quantitative estimate of drug-likeness (QED) is 0.498. The van der Waals surface area contributed by atoms with Gasteiger partial charge in [0.15, 0.2) is 6.67 Å². The number of H-pyrrole nitrogens is 1. The number of quaternary nitrogens is 1. The Bertz CT molecular complexity index is 598. The highest BCUT2D eigenvalue weighted by Crippen LogP contribution is 2.08. The fourth-order valence-electron chi connectivity index (χ4n) is 2.78. The number of likely N-dealkylation sites (N-methyl/N-ethyl adjacent to an activating group) is 1. The summed E-state index contributed by atoms with van der Waals surface area (Å²) in [6.07, 6.45) is 1.89. The lowest BCUT2D eigenvalue weighted by molar-refractivity contribution is -0.908. The lowest BCUT2D eigenvalue weighted by Gasteiger charge is -2.29. The average Bonchev–Trinajstić information content (AvgIpc) is 2.74. The van der Waals surface area contributed by atoms with E-state index in [0.29, 0.717) is 0 Å². The molecule has 8 nitrogen and oxygen atoms in total. The SMILES string of the molecule is CN1C(=O)C(=O)N(C[NH+]2CCN(c3cccc[nH+]3)CC2)C1=O. The number of piperazine rings is 1. The molecule has 4 amide bonds. The zero-order chi connectivity index (χ0) is 15.7. The molecule has 3 heterocycles. The van der Waals surface area contributed by atoms with Crippen LogP contribution in [0.1, 0.15) is 0 Å². The van der Waals surface area contributed by atoms with Gasteiger partial charge in [-0.15, -0.1) is 0 Å². The number of anilines is 1. The summed E-state index contributed by atoms with van der Waals surface area (Å²) in [6.45, 7) is 3.52. The molecule has 2 aliphatic heterocycles. The molecule has 22 heavy (non-hydrogen) atoms. The Morgan fingerprint density at radius 3 is 2.41 bits per heavy atom. The largest absolute Gasteiger partial charge is 0.338 e. The Kier molecular flexibility index (Phi) is 3.76. The summed E-state index contributed by atoms with van der Waals surface area (Å²) in [7, 11) is 1.33. The van der Waals surface area contributed by atoms with Gasteiger partial charge in [-0.3, -0.25) is 19.4 Å². The van der Waals surface area contributed by atoms with Gasteiger partial charge in [0.25, 0.3) is 5.82 Å². The summed E-state index contributed by atoms with van der Waals surface area (Å²) in [5, 5.41) is 0. The molecule has 2 fully saturated rings. The number of aromatic nitrogens is 1. The number of rotatable bonds is 3. The number of carbonyl (C=O) groups excluding carboxylic acids is 3. The number of amides is 4. The first-order chi connectivity index (χ1) is 10.6.